The Morgan fingerprint density at radius 1 is 0.880 bits per heavy atom. The van der Waals surface area contributed by atoms with Crippen molar-refractivity contribution in [1.29, 1.82) is 0 Å². The lowest BCUT2D eigenvalue weighted by atomic mass is 9.97. The van der Waals surface area contributed by atoms with Crippen LogP contribution in [0.5, 0.6) is 0 Å². The molecule has 1 heterocycles. The second kappa shape index (κ2) is 19.7. The van der Waals surface area contributed by atoms with Crippen molar-refractivity contribution in [1.82, 2.24) is 21.3 Å². The summed E-state index contributed by atoms with van der Waals surface area (Å²) in [4.78, 5) is 77.5. The summed E-state index contributed by atoms with van der Waals surface area (Å²) in [5.74, 6) is -3.03. The predicted molar refractivity (Wildman–Crippen MR) is 184 cm³/mol. The minimum atomic E-state index is -1.27. The van der Waals surface area contributed by atoms with E-state index in [1.807, 2.05) is 12.1 Å². The number of benzene rings is 2. The summed E-state index contributed by atoms with van der Waals surface area (Å²) in [5.41, 5.74) is 0.716. The highest BCUT2D eigenvalue weighted by molar-refractivity contribution is 5.92. The monoisotopic (exact) mass is 692 g/mol. The molecule has 0 aromatic heterocycles. The van der Waals surface area contributed by atoms with Crippen molar-refractivity contribution in [3.05, 3.63) is 83.9 Å². The van der Waals surface area contributed by atoms with Crippen LogP contribution in [0.15, 0.2) is 72.8 Å². The molecule has 0 saturated carbocycles. The number of ether oxygens (including phenoxy) is 3. The average Bonchev–Trinajstić information content (AvgIpc) is 3.48. The number of carbonyl (C=O) groups is 6. The summed E-state index contributed by atoms with van der Waals surface area (Å²) in [7, 11) is 0. The Morgan fingerprint density at radius 3 is 2.12 bits per heavy atom. The molecule has 0 radical (unpaired) electrons. The fraction of sp³-hybridized carbons (Fsp3) is 0.459. The first-order valence-electron chi connectivity index (χ1n) is 16.8. The number of esters is 2. The maximum absolute atomic E-state index is 13.9. The lowest BCUT2D eigenvalue weighted by Gasteiger charge is -2.26. The lowest BCUT2D eigenvalue weighted by Crippen LogP contribution is -2.55. The van der Waals surface area contributed by atoms with Gasteiger partial charge in [0.15, 0.2) is 0 Å². The van der Waals surface area contributed by atoms with Crippen molar-refractivity contribution in [2.75, 3.05) is 13.2 Å². The minimum Gasteiger partial charge on any atom is -0.463 e. The van der Waals surface area contributed by atoms with Crippen LogP contribution >= 0.6 is 0 Å². The second-order valence-electron chi connectivity index (χ2n) is 12.9. The van der Waals surface area contributed by atoms with Crippen LogP contribution in [0.4, 0.5) is 4.79 Å². The Bertz CT molecular complexity index is 1470. The van der Waals surface area contributed by atoms with Gasteiger partial charge in [-0.25, -0.2) is 9.59 Å². The second-order valence-corrected chi connectivity index (χ2v) is 12.9. The van der Waals surface area contributed by atoms with Gasteiger partial charge in [-0.1, -0.05) is 66.7 Å². The molecule has 0 unspecified atom stereocenters. The Hall–Kier alpha value is -5.20. The SMILES string of the molecule is CCOC(=O)C=C[C@H](C[C@@H]1CCNC1=O)NC(=O)[C@H](Cc1ccccc1)NC(=O)[C@H](CCC(=O)OC(C)(C)C)NC(=O)OCc1ccccc1. The largest absolute Gasteiger partial charge is 0.463 e. The molecule has 50 heavy (non-hydrogen) atoms. The molecule has 1 aliphatic heterocycles. The molecular formula is C37H48N4O9. The first-order chi connectivity index (χ1) is 23.8. The van der Waals surface area contributed by atoms with E-state index in [2.05, 4.69) is 21.3 Å². The highest BCUT2D eigenvalue weighted by Crippen LogP contribution is 2.18. The van der Waals surface area contributed by atoms with E-state index >= 15 is 0 Å². The third kappa shape index (κ3) is 14.5. The van der Waals surface area contributed by atoms with E-state index < -0.39 is 59.5 Å². The highest BCUT2D eigenvalue weighted by atomic mass is 16.6. The van der Waals surface area contributed by atoms with Crippen molar-refractivity contribution >= 4 is 35.8 Å². The van der Waals surface area contributed by atoms with Gasteiger partial charge >= 0.3 is 18.0 Å². The van der Waals surface area contributed by atoms with Crippen molar-refractivity contribution in [2.45, 2.75) is 90.1 Å². The molecule has 270 valence electrons. The molecule has 4 amide bonds. The molecule has 13 heteroatoms. The van der Waals surface area contributed by atoms with Gasteiger partial charge in [0.1, 0.15) is 24.3 Å². The van der Waals surface area contributed by atoms with Gasteiger partial charge < -0.3 is 35.5 Å². The molecule has 1 fully saturated rings. The minimum absolute atomic E-state index is 0.0498. The Kier molecular flexibility index (Phi) is 15.5. The Morgan fingerprint density at radius 2 is 1.52 bits per heavy atom. The molecule has 0 spiro atoms. The van der Waals surface area contributed by atoms with Gasteiger partial charge in [0.25, 0.3) is 0 Å². The van der Waals surface area contributed by atoms with E-state index in [1.165, 1.54) is 12.2 Å². The average molecular weight is 693 g/mol. The van der Waals surface area contributed by atoms with Crippen LogP contribution in [0.25, 0.3) is 0 Å². The molecule has 3 rings (SSSR count). The smallest absolute Gasteiger partial charge is 0.408 e. The van der Waals surface area contributed by atoms with Gasteiger partial charge in [-0.05, 0) is 58.1 Å². The molecule has 13 nitrogen and oxygen atoms in total. The van der Waals surface area contributed by atoms with Gasteiger partial charge in [-0.2, -0.15) is 0 Å². The fourth-order valence-corrected chi connectivity index (χ4v) is 5.19. The maximum Gasteiger partial charge on any atom is 0.408 e. The van der Waals surface area contributed by atoms with Crippen molar-refractivity contribution in [3.8, 4) is 0 Å². The Balaban J connectivity index is 1.82. The van der Waals surface area contributed by atoms with Gasteiger partial charge in [0.05, 0.1) is 6.61 Å². The van der Waals surface area contributed by atoms with Gasteiger partial charge in [0, 0.05) is 37.4 Å². The third-order valence-electron chi connectivity index (χ3n) is 7.57. The van der Waals surface area contributed by atoms with Crippen molar-refractivity contribution < 1.29 is 43.0 Å². The van der Waals surface area contributed by atoms with Crippen LogP contribution in [-0.4, -0.2) is 72.6 Å². The summed E-state index contributed by atoms with van der Waals surface area (Å²) in [5, 5.41) is 10.9. The number of nitrogens with one attached hydrogen (secondary N) is 4. The van der Waals surface area contributed by atoms with E-state index in [4.69, 9.17) is 14.2 Å². The molecular weight excluding hydrogens is 644 g/mol. The zero-order chi connectivity index (χ0) is 36.5. The molecule has 0 bridgehead atoms. The highest BCUT2D eigenvalue weighted by Gasteiger charge is 2.32. The number of hydrogen-bond acceptors (Lipinski definition) is 9. The molecule has 2 aromatic rings. The van der Waals surface area contributed by atoms with Crippen LogP contribution in [0.2, 0.25) is 0 Å². The first-order valence-corrected chi connectivity index (χ1v) is 16.8. The molecule has 4 atom stereocenters. The third-order valence-corrected chi connectivity index (χ3v) is 7.57. The standard InChI is InChI=1S/C37H48N4O9/c1-5-48-31(42)18-16-28(23-27-20-21-38-33(27)44)39-35(46)30(22-25-12-8-6-9-13-25)40-34(45)29(17-19-32(43)50-37(2,3)4)41-36(47)49-24-26-14-10-7-11-15-26/h6-16,18,27-30H,5,17,19-24H2,1-4H3,(H,38,44)(H,39,46)(H,40,45)(H,41,47)/t27-,28+,29-,30-/m0/s1. The number of rotatable bonds is 17. The molecule has 2 aromatic carbocycles. The van der Waals surface area contributed by atoms with Gasteiger partial charge in [-0.15, -0.1) is 0 Å². The van der Waals surface area contributed by atoms with Crippen molar-refractivity contribution in [3.63, 3.8) is 0 Å². The quantitative estimate of drug-likeness (QED) is 0.110. The number of hydrogen-bond donors (Lipinski definition) is 4. The van der Waals surface area contributed by atoms with Crippen LogP contribution in [-0.2, 0) is 51.2 Å². The van der Waals surface area contributed by atoms with Crippen molar-refractivity contribution in [2.24, 2.45) is 5.92 Å². The van der Waals surface area contributed by atoms with Crippen LogP contribution in [0, 0.1) is 5.92 Å². The number of carbonyl (C=O) groups excluding carboxylic acids is 6. The molecule has 4 N–H and O–H groups in total. The van der Waals surface area contributed by atoms with Gasteiger partial charge in [0.2, 0.25) is 17.7 Å². The van der Waals surface area contributed by atoms with E-state index in [9.17, 15) is 28.8 Å². The maximum atomic E-state index is 13.9. The zero-order valence-corrected chi connectivity index (χ0v) is 29.1. The number of amides is 4. The summed E-state index contributed by atoms with van der Waals surface area (Å²) >= 11 is 0. The van der Waals surface area contributed by atoms with E-state index in [0.29, 0.717) is 13.0 Å². The summed E-state index contributed by atoms with van der Waals surface area (Å²) in [6, 6.07) is 14.8. The first kappa shape index (κ1) is 39.2. The predicted octanol–water partition coefficient (Wildman–Crippen LogP) is 3.26. The van der Waals surface area contributed by atoms with Crippen LogP contribution in [0.1, 0.15) is 64.5 Å². The van der Waals surface area contributed by atoms with E-state index in [1.54, 1.807) is 76.2 Å². The zero-order valence-electron chi connectivity index (χ0n) is 29.1. The summed E-state index contributed by atoms with van der Waals surface area (Å²) < 4.78 is 15.7. The van der Waals surface area contributed by atoms with Gasteiger partial charge in [-0.3, -0.25) is 19.2 Å². The van der Waals surface area contributed by atoms with E-state index in [-0.39, 0.29) is 44.8 Å². The number of alkyl carbamates (subject to hydrolysis) is 1. The molecule has 0 aliphatic carbocycles. The summed E-state index contributed by atoms with van der Waals surface area (Å²) in [6.45, 7) is 7.44. The normalized spacial score (nSPS) is 16.0. The topological polar surface area (TPSA) is 178 Å². The van der Waals surface area contributed by atoms with E-state index in [0.717, 1.165) is 11.1 Å². The summed E-state index contributed by atoms with van der Waals surface area (Å²) in [6.07, 6.45) is 2.30. The Labute approximate surface area is 292 Å². The molecule has 1 aliphatic rings. The van der Waals surface area contributed by atoms with Crippen LogP contribution in [0.3, 0.4) is 0 Å². The molecule has 1 saturated heterocycles. The van der Waals surface area contributed by atoms with Crippen LogP contribution < -0.4 is 21.3 Å². The lowest BCUT2D eigenvalue weighted by molar-refractivity contribution is -0.155. The fourth-order valence-electron chi connectivity index (χ4n) is 5.19.